The molecule has 0 amide bonds. The molecule has 3 aromatic carbocycles. The molecule has 0 unspecified atom stereocenters. The highest BCUT2D eigenvalue weighted by Gasteiger charge is 2.32. The lowest BCUT2D eigenvalue weighted by atomic mass is 9.91. The van der Waals surface area contributed by atoms with Gasteiger partial charge < -0.3 is 38.9 Å². The summed E-state index contributed by atoms with van der Waals surface area (Å²) < 4.78 is 18.4. The maximum absolute atomic E-state index is 14.5. The number of aliphatic hydroxyl groups excluding tert-OH is 4. The van der Waals surface area contributed by atoms with Gasteiger partial charge in [-0.05, 0) is 58.0 Å². The Labute approximate surface area is 239 Å². The number of methoxy groups -OCH3 is 2. The van der Waals surface area contributed by atoms with Crippen molar-refractivity contribution in [2.75, 3.05) is 14.2 Å². The molecule has 0 radical (unpaired) electrons. The van der Waals surface area contributed by atoms with Gasteiger partial charge >= 0.3 is 5.63 Å². The number of aliphatic hydroxyl groups is 4. The molecule has 0 bridgehead atoms. The minimum absolute atomic E-state index is 0.197. The predicted octanol–water partition coefficient (Wildman–Crippen LogP) is 3.19. The fourth-order valence-corrected chi connectivity index (χ4v) is 6.02. The Balaban J connectivity index is 1.78. The Kier molecular flexibility index (Phi) is 7.07. The molecule has 10 heteroatoms. The van der Waals surface area contributed by atoms with Crippen LogP contribution >= 0.6 is 0 Å². The van der Waals surface area contributed by atoms with Gasteiger partial charge in [0.25, 0.3) is 0 Å². The molecular formula is C32H29NO9. The Morgan fingerprint density at radius 3 is 2.12 bits per heavy atom. The zero-order valence-electron chi connectivity index (χ0n) is 23.1. The van der Waals surface area contributed by atoms with Crippen LogP contribution in [0.1, 0.15) is 43.9 Å². The maximum atomic E-state index is 14.5. The number of carbonyl (C=O) groups excluding carboxylic acids is 1. The highest BCUT2D eigenvalue weighted by Crippen LogP contribution is 2.43. The summed E-state index contributed by atoms with van der Waals surface area (Å²) >= 11 is 0. The first-order chi connectivity index (χ1) is 20.4. The van der Waals surface area contributed by atoms with Crippen molar-refractivity contribution < 1.29 is 39.1 Å². The molecule has 0 spiro atoms. The molecule has 2 aromatic heterocycles. The Morgan fingerprint density at radius 2 is 1.45 bits per heavy atom. The van der Waals surface area contributed by atoms with Gasteiger partial charge in [-0.3, -0.25) is 4.79 Å². The van der Waals surface area contributed by atoms with Crippen LogP contribution in [-0.2, 0) is 39.4 Å². The molecule has 0 saturated heterocycles. The van der Waals surface area contributed by atoms with Crippen molar-refractivity contribution in [2.45, 2.75) is 39.4 Å². The third-order valence-corrected chi connectivity index (χ3v) is 8.08. The highest BCUT2D eigenvalue weighted by atomic mass is 16.5. The van der Waals surface area contributed by atoms with Crippen molar-refractivity contribution in [1.82, 2.24) is 4.57 Å². The fourth-order valence-electron chi connectivity index (χ4n) is 6.02. The first-order valence-corrected chi connectivity index (χ1v) is 13.4. The van der Waals surface area contributed by atoms with Crippen LogP contribution in [0.5, 0.6) is 11.5 Å². The fraction of sp³-hybridized carbons (Fsp3) is 0.250. The number of carbonyl (C=O) groups is 1. The molecule has 42 heavy (non-hydrogen) atoms. The summed E-state index contributed by atoms with van der Waals surface area (Å²) in [4.78, 5) is 28.1. The van der Waals surface area contributed by atoms with Gasteiger partial charge in [-0.15, -0.1) is 0 Å². The number of ether oxygens (including phenoxy) is 2. The van der Waals surface area contributed by atoms with Crippen LogP contribution in [0.3, 0.4) is 0 Å². The number of fused-ring (bicyclic) bond motifs is 6. The van der Waals surface area contributed by atoms with Crippen molar-refractivity contribution in [3.05, 3.63) is 92.0 Å². The molecule has 3 heterocycles. The second-order valence-electron chi connectivity index (χ2n) is 10.2. The van der Waals surface area contributed by atoms with Gasteiger partial charge in [0.15, 0.2) is 11.5 Å². The van der Waals surface area contributed by atoms with Gasteiger partial charge in [-0.25, -0.2) is 4.79 Å². The third-order valence-electron chi connectivity index (χ3n) is 8.08. The molecule has 10 nitrogen and oxygen atoms in total. The van der Waals surface area contributed by atoms with Gasteiger partial charge in [0.1, 0.15) is 11.1 Å². The van der Waals surface area contributed by atoms with Gasteiger partial charge in [-0.1, -0.05) is 18.2 Å². The topological polar surface area (TPSA) is 152 Å². The second kappa shape index (κ2) is 10.7. The van der Waals surface area contributed by atoms with E-state index in [4.69, 9.17) is 13.9 Å². The normalized spacial score (nSPS) is 12.9. The van der Waals surface area contributed by atoms with E-state index < -0.39 is 5.63 Å². The van der Waals surface area contributed by atoms with Crippen LogP contribution in [0.25, 0.3) is 33.0 Å². The third kappa shape index (κ3) is 4.11. The van der Waals surface area contributed by atoms with E-state index in [-0.39, 0.29) is 55.5 Å². The van der Waals surface area contributed by atoms with E-state index in [0.717, 1.165) is 0 Å². The van der Waals surface area contributed by atoms with Crippen LogP contribution in [0, 0.1) is 0 Å². The SMILES string of the molecule is COc1cc2oc(=O)c3c(c(-c4ccc(CO)c(CO)c4)c4n3CCc3cc(CO)c(CO)cc3C4=O)c2cc1OC. The number of benzene rings is 3. The molecule has 6 rings (SSSR count). The highest BCUT2D eigenvalue weighted by molar-refractivity contribution is 6.22. The first-order valence-electron chi connectivity index (χ1n) is 13.4. The van der Waals surface area contributed by atoms with Gasteiger partial charge in [-0.2, -0.15) is 0 Å². The lowest BCUT2D eigenvalue weighted by molar-refractivity contribution is 0.103. The quantitative estimate of drug-likeness (QED) is 0.216. The summed E-state index contributed by atoms with van der Waals surface area (Å²) in [6.45, 7) is -1.01. The number of ketones is 1. The molecule has 216 valence electrons. The summed E-state index contributed by atoms with van der Waals surface area (Å²) in [7, 11) is 2.97. The number of hydrogen-bond acceptors (Lipinski definition) is 9. The second-order valence-corrected chi connectivity index (χ2v) is 10.2. The molecule has 1 aliphatic rings. The van der Waals surface area contributed by atoms with Crippen LogP contribution in [0.15, 0.2) is 51.7 Å². The van der Waals surface area contributed by atoms with E-state index in [9.17, 15) is 30.0 Å². The number of rotatable bonds is 7. The number of aryl methyl sites for hydroxylation is 2. The molecule has 5 aromatic rings. The van der Waals surface area contributed by atoms with E-state index in [2.05, 4.69) is 0 Å². The van der Waals surface area contributed by atoms with E-state index in [1.54, 1.807) is 47.0 Å². The lowest BCUT2D eigenvalue weighted by Gasteiger charge is -2.13. The molecule has 0 aliphatic carbocycles. The van der Waals surface area contributed by atoms with Crippen molar-refractivity contribution in [3.63, 3.8) is 0 Å². The summed E-state index contributed by atoms with van der Waals surface area (Å²) in [5.41, 5.74) is 4.09. The minimum Gasteiger partial charge on any atom is -0.493 e. The summed E-state index contributed by atoms with van der Waals surface area (Å²) in [5.74, 6) is 0.406. The van der Waals surface area contributed by atoms with Crippen molar-refractivity contribution in [3.8, 4) is 22.6 Å². The largest absolute Gasteiger partial charge is 0.493 e. The minimum atomic E-state index is -0.641. The van der Waals surface area contributed by atoms with Gasteiger partial charge in [0.05, 0.1) is 46.3 Å². The molecule has 1 aliphatic heterocycles. The standard InChI is InChI=1S/C32H29NO9/c1-40-25-10-23-24(11-26(25)41-2)42-32(39)30-28(23)27(17-3-4-18(12-34)19(8-17)13-35)29-31(38)22-9-21(15-37)20(14-36)7-16(22)5-6-33(29)30/h3-4,7-11,34-37H,5-6,12-15H2,1-2H3. The maximum Gasteiger partial charge on any atom is 0.361 e. The molecular weight excluding hydrogens is 542 g/mol. The van der Waals surface area contributed by atoms with Crippen LogP contribution in [0.4, 0.5) is 0 Å². The summed E-state index contributed by atoms with van der Waals surface area (Å²) in [6.07, 6.45) is 0.380. The van der Waals surface area contributed by atoms with Gasteiger partial charge in [0, 0.05) is 34.5 Å². The lowest BCUT2D eigenvalue weighted by Crippen LogP contribution is -2.12. The number of nitrogens with zero attached hydrogens (tertiary/aromatic N) is 1. The number of aromatic nitrogens is 1. The van der Waals surface area contributed by atoms with Crippen molar-refractivity contribution in [1.29, 1.82) is 0 Å². The van der Waals surface area contributed by atoms with Crippen LogP contribution in [-0.4, -0.2) is 45.0 Å². The molecule has 0 saturated carbocycles. The smallest absolute Gasteiger partial charge is 0.361 e. The Bertz CT molecular complexity index is 1950. The molecule has 4 N–H and O–H groups in total. The zero-order chi connectivity index (χ0) is 29.7. The zero-order valence-corrected chi connectivity index (χ0v) is 23.1. The number of hydrogen-bond donors (Lipinski definition) is 4. The molecule has 0 atom stereocenters. The van der Waals surface area contributed by atoms with E-state index in [0.29, 0.717) is 73.2 Å². The monoisotopic (exact) mass is 571 g/mol. The summed E-state index contributed by atoms with van der Waals surface area (Å²) in [6, 6.07) is 11.7. The first kappa shape index (κ1) is 27.7. The van der Waals surface area contributed by atoms with Crippen LogP contribution in [0.2, 0.25) is 0 Å². The molecule has 0 fully saturated rings. The van der Waals surface area contributed by atoms with E-state index >= 15 is 0 Å². The Morgan fingerprint density at radius 1 is 0.810 bits per heavy atom. The predicted molar refractivity (Wildman–Crippen MR) is 154 cm³/mol. The summed E-state index contributed by atoms with van der Waals surface area (Å²) in [5, 5.41) is 40.7. The van der Waals surface area contributed by atoms with Crippen molar-refractivity contribution in [2.24, 2.45) is 0 Å². The average Bonchev–Trinajstić information content (AvgIpc) is 3.31. The van der Waals surface area contributed by atoms with Gasteiger partial charge in [0.2, 0.25) is 5.78 Å². The Hall–Kier alpha value is -4.48. The van der Waals surface area contributed by atoms with Crippen LogP contribution < -0.4 is 15.1 Å². The van der Waals surface area contributed by atoms with E-state index in [1.807, 2.05) is 0 Å². The van der Waals surface area contributed by atoms with Crippen molar-refractivity contribution >= 4 is 27.7 Å². The average molecular weight is 572 g/mol. The van der Waals surface area contributed by atoms with E-state index in [1.165, 1.54) is 14.2 Å².